The monoisotopic (exact) mass is 237 g/mol. The molecular weight excluding hydrogens is 222 g/mol. The molecule has 0 saturated heterocycles. The maximum atomic E-state index is 9.06. The maximum absolute atomic E-state index is 9.06. The number of pyridine rings is 1. The Hall–Kier alpha value is -2.34. The predicted octanol–water partition coefficient (Wildman–Crippen LogP) is 2.92. The van der Waals surface area contributed by atoms with Crippen LogP contribution in [-0.4, -0.2) is 11.5 Å². The highest BCUT2D eigenvalue weighted by Crippen LogP contribution is 2.16. The van der Waals surface area contributed by atoms with Crippen molar-refractivity contribution in [1.29, 1.82) is 5.26 Å². The molecule has 18 heavy (non-hydrogen) atoms. The predicted molar refractivity (Wildman–Crippen MR) is 72.3 cm³/mol. The molecular formula is C15H15N3. The fourth-order valence-electron chi connectivity index (χ4n) is 1.80. The zero-order chi connectivity index (χ0) is 12.8. The number of aryl methyl sites for hydroxylation is 1. The van der Waals surface area contributed by atoms with Gasteiger partial charge >= 0.3 is 0 Å². The van der Waals surface area contributed by atoms with E-state index in [9.17, 15) is 0 Å². The van der Waals surface area contributed by atoms with E-state index in [1.165, 1.54) is 5.56 Å². The van der Waals surface area contributed by atoms with Gasteiger partial charge < -0.3 is 5.32 Å². The third kappa shape index (κ3) is 3.08. The molecule has 0 fully saturated rings. The summed E-state index contributed by atoms with van der Waals surface area (Å²) in [6.07, 6.45) is 4.51. The van der Waals surface area contributed by atoms with Gasteiger partial charge in [-0.25, -0.2) is 0 Å². The van der Waals surface area contributed by atoms with Crippen LogP contribution in [0.5, 0.6) is 0 Å². The Morgan fingerprint density at radius 1 is 1.22 bits per heavy atom. The van der Waals surface area contributed by atoms with Gasteiger partial charge in [0, 0.05) is 18.9 Å². The molecule has 0 unspecified atom stereocenters. The Bertz CT molecular complexity index is 556. The van der Waals surface area contributed by atoms with E-state index in [0.29, 0.717) is 5.56 Å². The van der Waals surface area contributed by atoms with Crippen LogP contribution in [0.2, 0.25) is 0 Å². The summed E-state index contributed by atoms with van der Waals surface area (Å²) in [5.74, 6) is 0. The molecule has 0 atom stereocenters. The van der Waals surface area contributed by atoms with Gasteiger partial charge in [0.1, 0.15) is 6.07 Å². The Balaban J connectivity index is 1.97. The lowest BCUT2D eigenvalue weighted by atomic mass is 10.1. The van der Waals surface area contributed by atoms with Gasteiger partial charge in [0.2, 0.25) is 0 Å². The third-order valence-electron chi connectivity index (χ3n) is 2.77. The second-order valence-electron chi connectivity index (χ2n) is 4.19. The minimum Gasteiger partial charge on any atom is -0.384 e. The minimum atomic E-state index is 0.699. The molecule has 1 aromatic heterocycles. The zero-order valence-corrected chi connectivity index (χ0v) is 10.4. The van der Waals surface area contributed by atoms with Crippen LogP contribution >= 0.6 is 0 Å². The Kier molecular flexibility index (Phi) is 3.93. The van der Waals surface area contributed by atoms with Crippen molar-refractivity contribution < 1.29 is 0 Å². The Morgan fingerprint density at radius 3 is 2.72 bits per heavy atom. The number of aromatic nitrogens is 1. The Labute approximate surface area is 107 Å². The number of hydrogen-bond acceptors (Lipinski definition) is 3. The van der Waals surface area contributed by atoms with Crippen molar-refractivity contribution >= 4 is 5.69 Å². The van der Waals surface area contributed by atoms with E-state index in [4.69, 9.17) is 5.26 Å². The quantitative estimate of drug-likeness (QED) is 0.889. The average molecular weight is 237 g/mol. The lowest BCUT2D eigenvalue weighted by molar-refractivity contribution is 1.01. The number of nitriles is 1. The smallest absolute Gasteiger partial charge is 0.101 e. The first-order chi connectivity index (χ1) is 8.79. The summed E-state index contributed by atoms with van der Waals surface area (Å²) in [6, 6.07) is 12.1. The van der Waals surface area contributed by atoms with Crippen LogP contribution in [0.25, 0.3) is 0 Å². The molecule has 1 N–H and O–H groups in total. The van der Waals surface area contributed by atoms with Gasteiger partial charge in [-0.05, 0) is 48.7 Å². The van der Waals surface area contributed by atoms with Crippen LogP contribution in [0.4, 0.5) is 5.69 Å². The molecule has 1 aromatic carbocycles. The lowest BCUT2D eigenvalue weighted by Crippen LogP contribution is -2.06. The topological polar surface area (TPSA) is 48.7 Å². The van der Waals surface area contributed by atoms with Crippen LogP contribution in [0.3, 0.4) is 0 Å². The number of benzene rings is 1. The van der Waals surface area contributed by atoms with Gasteiger partial charge in [-0.3, -0.25) is 4.98 Å². The van der Waals surface area contributed by atoms with Gasteiger partial charge in [-0.2, -0.15) is 5.26 Å². The van der Waals surface area contributed by atoms with E-state index in [0.717, 1.165) is 24.2 Å². The molecule has 1 heterocycles. The van der Waals surface area contributed by atoms with E-state index in [1.807, 2.05) is 37.3 Å². The molecule has 2 aromatic rings. The van der Waals surface area contributed by atoms with Crippen molar-refractivity contribution in [3.05, 3.63) is 59.4 Å². The van der Waals surface area contributed by atoms with E-state index < -0.39 is 0 Å². The average Bonchev–Trinajstić information content (AvgIpc) is 2.41. The Morgan fingerprint density at radius 2 is 2.00 bits per heavy atom. The van der Waals surface area contributed by atoms with Crippen LogP contribution in [0, 0.1) is 18.3 Å². The van der Waals surface area contributed by atoms with Crippen molar-refractivity contribution in [1.82, 2.24) is 4.98 Å². The summed E-state index contributed by atoms with van der Waals surface area (Å²) in [5, 5.41) is 12.4. The number of rotatable bonds is 4. The molecule has 0 aliphatic rings. The maximum Gasteiger partial charge on any atom is 0.101 e. The number of anilines is 1. The fourth-order valence-corrected chi connectivity index (χ4v) is 1.80. The SMILES string of the molecule is Cc1ccc(NCCc2ccncc2)c(C#N)c1. The zero-order valence-electron chi connectivity index (χ0n) is 10.4. The molecule has 3 nitrogen and oxygen atoms in total. The lowest BCUT2D eigenvalue weighted by Gasteiger charge is -2.08. The molecule has 2 rings (SSSR count). The summed E-state index contributed by atoms with van der Waals surface area (Å²) < 4.78 is 0. The highest BCUT2D eigenvalue weighted by atomic mass is 14.9. The van der Waals surface area contributed by atoms with Crippen molar-refractivity contribution in [2.75, 3.05) is 11.9 Å². The molecule has 0 aliphatic carbocycles. The minimum absolute atomic E-state index is 0.699. The van der Waals surface area contributed by atoms with Gasteiger partial charge in [0.15, 0.2) is 0 Å². The number of hydrogen-bond donors (Lipinski definition) is 1. The van der Waals surface area contributed by atoms with Gasteiger partial charge in [-0.15, -0.1) is 0 Å². The van der Waals surface area contributed by atoms with Crippen molar-refractivity contribution in [2.45, 2.75) is 13.3 Å². The van der Waals surface area contributed by atoms with Gasteiger partial charge in [-0.1, -0.05) is 6.07 Å². The first kappa shape index (κ1) is 12.1. The summed E-state index contributed by atoms with van der Waals surface area (Å²) in [5.41, 5.74) is 3.94. The molecule has 90 valence electrons. The van der Waals surface area contributed by atoms with E-state index in [1.54, 1.807) is 12.4 Å². The normalized spacial score (nSPS) is 9.78. The summed E-state index contributed by atoms with van der Waals surface area (Å²) in [6.45, 7) is 2.79. The standard InChI is InChI=1S/C15H15N3/c1-12-2-3-15(14(10-12)11-16)18-9-6-13-4-7-17-8-5-13/h2-5,7-8,10,18H,6,9H2,1H3. The van der Waals surface area contributed by atoms with E-state index in [2.05, 4.69) is 16.4 Å². The van der Waals surface area contributed by atoms with Crippen molar-refractivity contribution in [3.63, 3.8) is 0 Å². The van der Waals surface area contributed by atoms with Crippen LogP contribution < -0.4 is 5.32 Å². The molecule has 0 saturated carbocycles. The molecule has 0 radical (unpaired) electrons. The summed E-state index contributed by atoms with van der Waals surface area (Å²) in [7, 11) is 0. The summed E-state index contributed by atoms with van der Waals surface area (Å²) >= 11 is 0. The third-order valence-corrected chi connectivity index (χ3v) is 2.77. The molecule has 0 amide bonds. The molecule has 0 spiro atoms. The van der Waals surface area contributed by atoms with Crippen LogP contribution in [0.15, 0.2) is 42.7 Å². The van der Waals surface area contributed by atoms with Gasteiger partial charge in [0.25, 0.3) is 0 Å². The number of nitrogens with zero attached hydrogens (tertiary/aromatic N) is 2. The second kappa shape index (κ2) is 5.83. The molecule has 3 heteroatoms. The first-order valence-electron chi connectivity index (χ1n) is 5.93. The van der Waals surface area contributed by atoms with Crippen LogP contribution in [-0.2, 0) is 6.42 Å². The second-order valence-corrected chi connectivity index (χ2v) is 4.19. The van der Waals surface area contributed by atoms with E-state index >= 15 is 0 Å². The largest absolute Gasteiger partial charge is 0.384 e. The van der Waals surface area contributed by atoms with Crippen LogP contribution in [0.1, 0.15) is 16.7 Å². The van der Waals surface area contributed by atoms with Gasteiger partial charge in [0.05, 0.1) is 11.3 Å². The van der Waals surface area contributed by atoms with Crippen molar-refractivity contribution in [2.24, 2.45) is 0 Å². The van der Waals surface area contributed by atoms with E-state index in [-0.39, 0.29) is 0 Å². The number of nitrogens with one attached hydrogen (secondary N) is 1. The molecule has 0 aliphatic heterocycles. The fraction of sp³-hybridized carbons (Fsp3) is 0.200. The highest BCUT2D eigenvalue weighted by molar-refractivity contribution is 5.58. The summed E-state index contributed by atoms with van der Waals surface area (Å²) in [4.78, 5) is 3.99. The molecule has 0 bridgehead atoms. The van der Waals surface area contributed by atoms with Crippen molar-refractivity contribution in [3.8, 4) is 6.07 Å². The highest BCUT2D eigenvalue weighted by Gasteiger charge is 2.01. The first-order valence-corrected chi connectivity index (χ1v) is 5.93.